The summed E-state index contributed by atoms with van der Waals surface area (Å²) in [4.78, 5) is 25.1. The molecule has 1 aromatic carbocycles. The second-order valence-electron chi connectivity index (χ2n) is 5.28. The number of carbonyl (C=O) groups excluding carboxylic acids is 1. The molecule has 1 aliphatic heterocycles. The number of hydrogen-bond acceptors (Lipinski definition) is 7. The Morgan fingerprint density at radius 1 is 1.23 bits per heavy atom. The molecule has 26 heavy (non-hydrogen) atoms. The average Bonchev–Trinajstić information content (AvgIpc) is 2.88. The Morgan fingerprint density at radius 2 is 1.85 bits per heavy atom. The molecule has 1 aliphatic rings. The molecule has 0 aliphatic carbocycles. The first-order valence-corrected chi connectivity index (χ1v) is 8.91. The minimum Gasteiger partial charge on any atom is -0.496 e. The number of rotatable bonds is 8. The monoisotopic (exact) mass is 397 g/mol. The van der Waals surface area contributed by atoms with Gasteiger partial charge in [0.1, 0.15) is 21.6 Å². The number of benzene rings is 1. The Morgan fingerprint density at radius 3 is 2.35 bits per heavy atom. The van der Waals surface area contributed by atoms with Crippen LogP contribution in [0.2, 0.25) is 0 Å². The van der Waals surface area contributed by atoms with Gasteiger partial charge in [-0.3, -0.25) is 14.5 Å². The molecule has 0 bridgehead atoms. The highest BCUT2D eigenvalue weighted by atomic mass is 32.2. The molecule has 2 rings (SSSR count). The van der Waals surface area contributed by atoms with Crippen molar-refractivity contribution in [1.29, 1.82) is 0 Å². The fraction of sp³-hybridized carbons (Fsp3) is 0.353. The smallest absolute Gasteiger partial charge is 0.303 e. The molecule has 7 nitrogen and oxygen atoms in total. The Kier molecular flexibility index (Phi) is 6.87. The number of amides is 1. The third kappa shape index (κ3) is 4.47. The minimum absolute atomic E-state index is 0.0176. The maximum atomic E-state index is 12.6. The van der Waals surface area contributed by atoms with Gasteiger partial charge in [0.05, 0.1) is 31.8 Å². The maximum absolute atomic E-state index is 12.6. The van der Waals surface area contributed by atoms with Gasteiger partial charge in [-0.05, 0) is 12.5 Å². The first kappa shape index (κ1) is 20.1. The van der Waals surface area contributed by atoms with E-state index in [9.17, 15) is 9.59 Å². The predicted molar refractivity (Wildman–Crippen MR) is 103 cm³/mol. The zero-order valence-corrected chi connectivity index (χ0v) is 16.2. The van der Waals surface area contributed by atoms with Crippen LogP contribution in [0.4, 0.5) is 0 Å². The molecular weight excluding hydrogens is 378 g/mol. The van der Waals surface area contributed by atoms with Crippen LogP contribution in [-0.2, 0) is 9.59 Å². The van der Waals surface area contributed by atoms with Crippen LogP contribution in [0.1, 0.15) is 18.4 Å². The number of hydrogen-bond donors (Lipinski definition) is 1. The van der Waals surface area contributed by atoms with Gasteiger partial charge in [0.15, 0.2) is 0 Å². The van der Waals surface area contributed by atoms with Gasteiger partial charge in [-0.15, -0.1) is 0 Å². The zero-order valence-electron chi connectivity index (χ0n) is 14.6. The Labute approximate surface area is 160 Å². The first-order chi connectivity index (χ1) is 12.4. The summed E-state index contributed by atoms with van der Waals surface area (Å²) >= 11 is 6.41. The van der Waals surface area contributed by atoms with E-state index < -0.39 is 5.97 Å². The summed E-state index contributed by atoms with van der Waals surface area (Å²) in [5.74, 6) is 0.399. The van der Waals surface area contributed by atoms with Gasteiger partial charge < -0.3 is 19.3 Å². The van der Waals surface area contributed by atoms with Gasteiger partial charge in [0, 0.05) is 25.1 Å². The topological polar surface area (TPSA) is 85.3 Å². The van der Waals surface area contributed by atoms with E-state index >= 15 is 0 Å². The molecule has 140 valence electrons. The summed E-state index contributed by atoms with van der Waals surface area (Å²) in [5.41, 5.74) is 0.599. The first-order valence-electron chi connectivity index (χ1n) is 7.68. The lowest BCUT2D eigenvalue weighted by Crippen LogP contribution is -2.29. The number of carbonyl (C=O) groups is 2. The van der Waals surface area contributed by atoms with Crippen molar-refractivity contribution < 1.29 is 28.9 Å². The number of ether oxygens (including phenoxy) is 3. The van der Waals surface area contributed by atoms with Crippen LogP contribution >= 0.6 is 24.0 Å². The van der Waals surface area contributed by atoms with E-state index in [1.807, 2.05) is 0 Å². The van der Waals surface area contributed by atoms with Crippen LogP contribution in [0.25, 0.3) is 6.08 Å². The molecule has 1 aromatic rings. The van der Waals surface area contributed by atoms with Crippen molar-refractivity contribution in [3.8, 4) is 17.2 Å². The van der Waals surface area contributed by atoms with Crippen molar-refractivity contribution in [2.45, 2.75) is 12.8 Å². The number of thiocarbonyl (C=S) groups is 1. The van der Waals surface area contributed by atoms with E-state index in [1.165, 1.54) is 26.2 Å². The van der Waals surface area contributed by atoms with Gasteiger partial charge in [-0.25, -0.2) is 0 Å². The fourth-order valence-electron chi connectivity index (χ4n) is 2.39. The molecule has 1 N–H and O–H groups in total. The molecule has 1 heterocycles. The highest BCUT2D eigenvalue weighted by Crippen LogP contribution is 2.39. The lowest BCUT2D eigenvalue weighted by molar-refractivity contribution is -0.137. The van der Waals surface area contributed by atoms with E-state index in [-0.39, 0.29) is 18.9 Å². The molecule has 1 amide bonds. The number of methoxy groups -OCH3 is 3. The van der Waals surface area contributed by atoms with Crippen LogP contribution in [0.15, 0.2) is 17.0 Å². The Hall–Kier alpha value is -2.26. The van der Waals surface area contributed by atoms with Crippen molar-refractivity contribution in [2.24, 2.45) is 0 Å². The Bertz CT molecular complexity index is 737. The summed E-state index contributed by atoms with van der Waals surface area (Å²) in [6.07, 6.45) is 1.98. The largest absolute Gasteiger partial charge is 0.496 e. The van der Waals surface area contributed by atoms with Crippen molar-refractivity contribution >= 4 is 46.3 Å². The van der Waals surface area contributed by atoms with E-state index in [0.29, 0.717) is 38.5 Å². The molecule has 0 aromatic heterocycles. The maximum Gasteiger partial charge on any atom is 0.303 e. The summed E-state index contributed by atoms with van der Waals surface area (Å²) < 4.78 is 16.4. The highest BCUT2D eigenvalue weighted by molar-refractivity contribution is 8.26. The van der Waals surface area contributed by atoms with E-state index in [0.717, 1.165) is 11.8 Å². The SMILES string of the molecule is COc1cc(OC)c(C=C2SC(=S)N(CCCC(=O)O)C2=O)c(OC)c1. The number of carboxylic acids is 1. The van der Waals surface area contributed by atoms with Crippen LogP contribution in [0.3, 0.4) is 0 Å². The number of thioether (sulfide) groups is 1. The van der Waals surface area contributed by atoms with Crippen LogP contribution in [-0.4, -0.2) is 54.1 Å². The minimum atomic E-state index is -0.904. The molecule has 0 radical (unpaired) electrons. The third-order valence-electron chi connectivity index (χ3n) is 3.67. The molecule has 1 fully saturated rings. The molecule has 9 heteroatoms. The summed E-state index contributed by atoms with van der Waals surface area (Å²) in [7, 11) is 4.57. The predicted octanol–water partition coefficient (Wildman–Crippen LogP) is 2.78. The van der Waals surface area contributed by atoms with Crippen molar-refractivity contribution in [3.63, 3.8) is 0 Å². The van der Waals surface area contributed by atoms with Crippen LogP contribution < -0.4 is 14.2 Å². The van der Waals surface area contributed by atoms with Gasteiger partial charge >= 0.3 is 5.97 Å². The number of carboxylic acid groups (broad SMARTS) is 1. The molecule has 0 atom stereocenters. The van der Waals surface area contributed by atoms with Gasteiger partial charge in [-0.1, -0.05) is 24.0 Å². The normalized spacial score (nSPS) is 15.5. The zero-order chi connectivity index (χ0) is 19.3. The quantitative estimate of drug-likeness (QED) is 0.529. The van der Waals surface area contributed by atoms with E-state index in [2.05, 4.69) is 0 Å². The standard InChI is InChI=1S/C17H19NO6S2/c1-22-10-7-12(23-2)11(13(8-10)24-3)9-14-16(21)18(17(25)26-14)6-4-5-15(19)20/h7-9H,4-6H2,1-3H3,(H,19,20). The molecule has 0 unspecified atom stereocenters. The molecular formula is C17H19NO6S2. The number of aliphatic carboxylic acids is 1. The lowest BCUT2D eigenvalue weighted by atomic mass is 10.1. The van der Waals surface area contributed by atoms with Gasteiger partial charge in [0.25, 0.3) is 5.91 Å². The van der Waals surface area contributed by atoms with E-state index in [1.54, 1.807) is 18.2 Å². The lowest BCUT2D eigenvalue weighted by Gasteiger charge is -2.14. The van der Waals surface area contributed by atoms with Gasteiger partial charge in [0.2, 0.25) is 0 Å². The fourth-order valence-corrected chi connectivity index (χ4v) is 3.68. The summed E-state index contributed by atoms with van der Waals surface area (Å²) in [5, 5.41) is 8.73. The highest BCUT2D eigenvalue weighted by Gasteiger charge is 2.32. The molecule has 0 saturated carbocycles. The van der Waals surface area contributed by atoms with Gasteiger partial charge in [-0.2, -0.15) is 0 Å². The van der Waals surface area contributed by atoms with Crippen LogP contribution in [0, 0.1) is 0 Å². The summed E-state index contributed by atoms with van der Waals surface area (Å²) in [6, 6.07) is 3.39. The van der Waals surface area contributed by atoms with Crippen molar-refractivity contribution in [2.75, 3.05) is 27.9 Å². The van der Waals surface area contributed by atoms with Crippen molar-refractivity contribution in [3.05, 3.63) is 22.6 Å². The van der Waals surface area contributed by atoms with E-state index in [4.69, 9.17) is 31.5 Å². The molecule has 1 saturated heterocycles. The molecule has 0 spiro atoms. The second kappa shape index (κ2) is 8.91. The summed E-state index contributed by atoms with van der Waals surface area (Å²) in [6.45, 7) is 0.269. The second-order valence-corrected chi connectivity index (χ2v) is 6.95. The van der Waals surface area contributed by atoms with Crippen LogP contribution in [0.5, 0.6) is 17.2 Å². The number of nitrogens with zero attached hydrogens (tertiary/aromatic N) is 1. The third-order valence-corrected chi connectivity index (χ3v) is 5.05. The Balaban J connectivity index is 2.31. The van der Waals surface area contributed by atoms with Crippen molar-refractivity contribution in [1.82, 2.24) is 4.90 Å². The average molecular weight is 397 g/mol.